The van der Waals surface area contributed by atoms with Crippen LogP contribution in [0.2, 0.25) is 0 Å². The normalized spacial score (nSPS) is 12.6. The highest BCUT2D eigenvalue weighted by atomic mass is 32.2. The molecule has 2 aromatic heterocycles. The Balaban J connectivity index is 2.46. The predicted octanol–water partition coefficient (Wildman–Crippen LogP) is 1.08. The molecule has 2 heterocycles. The van der Waals surface area contributed by atoms with Gasteiger partial charge in [-0.25, -0.2) is 23.4 Å². The molecule has 0 N–H and O–H groups in total. The fourth-order valence-electron chi connectivity index (χ4n) is 1.24. The largest absolute Gasteiger partial charge is 0.434 e. The Labute approximate surface area is 105 Å². The SMILES string of the molecule is CS(=O)(=O)c1ccnc(-n2cnc(C(F)(F)F)c2)n1. The first-order valence-electron chi connectivity index (χ1n) is 4.82. The van der Waals surface area contributed by atoms with Crippen LogP contribution in [0.3, 0.4) is 0 Å². The molecule has 0 saturated carbocycles. The number of hydrogen-bond acceptors (Lipinski definition) is 5. The van der Waals surface area contributed by atoms with Crippen molar-refractivity contribution in [2.24, 2.45) is 0 Å². The van der Waals surface area contributed by atoms with Crippen LogP contribution in [0, 0.1) is 0 Å². The second-order valence-corrected chi connectivity index (χ2v) is 5.59. The zero-order valence-electron chi connectivity index (χ0n) is 9.46. The first-order chi connectivity index (χ1) is 8.68. The van der Waals surface area contributed by atoms with Crippen LogP contribution >= 0.6 is 0 Å². The maximum atomic E-state index is 12.4. The summed E-state index contributed by atoms with van der Waals surface area (Å²) >= 11 is 0. The molecule has 10 heteroatoms. The topological polar surface area (TPSA) is 77.7 Å². The van der Waals surface area contributed by atoms with Gasteiger partial charge in [0.2, 0.25) is 5.95 Å². The van der Waals surface area contributed by atoms with Gasteiger partial charge in [0.15, 0.2) is 20.6 Å². The standard InChI is InChI=1S/C9H7F3N4O2S/c1-19(17,18)7-2-3-13-8(15-7)16-4-6(14-5-16)9(10,11)12/h2-5H,1H3. The van der Waals surface area contributed by atoms with E-state index in [0.29, 0.717) is 6.20 Å². The molecule has 2 rings (SSSR count). The summed E-state index contributed by atoms with van der Waals surface area (Å²) in [5.74, 6) is -0.203. The van der Waals surface area contributed by atoms with E-state index in [1.807, 2.05) is 0 Å². The lowest BCUT2D eigenvalue weighted by molar-refractivity contribution is -0.140. The van der Waals surface area contributed by atoms with Crippen molar-refractivity contribution in [1.29, 1.82) is 0 Å². The van der Waals surface area contributed by atoms with Gasteiger partial charge in [-0.1, -0.05) is 0 Å². The molecule has 0 aromatic carbocycles. The Bertz CT molecular complexity index is 708. The molecular formula is C9H7F3N4O2S. The molecule has 6 nitrogen and oxygen atoms in total. The maximum absolute atomic E-state index is 12.4. The number of imidazole rings is 1. The fraction of sp³-hybridized carbons (Fsp3) is 0.222. The minimum Gasteiger partial charge on any atom is -0.274 e. The molecule has 0 aliphatic heterocycles. The van der Waals surface area contributed by atoms with Crippen molar-refractivity contribution in [2.75, 3.05) is 6.26 Å². The number of sulfone groups is 1. The fourth-order valence-corrected chi connectivity index (χ4v) is 1.80. The lowest BCUT2D eigenvalue weighted by Crippen LogP contribution is -2.07. The van der Waals surface area contributed by atoms with Gasteiger partial charge in [-0.3, -0.25) is 4.57 Å². The summed E-state index contributed by atoms with van der Waals surface area (Å²) in [5, 5.41) is -0.278. The average Bonchev–Trinajstić information content (AvgIpc) is 2.77. The van der Waals surface area contributed by atoms with Crippen LogP contribution in [-0.2, 0) is 16.0 Å². The number of rotatable bonds is 2. The highest BCUT2D eigenvalue weighted by Gasteiger charge is 2.33. The second-order valence-electron chi connectivity index (χ2n) is 3.63. The van der Waals surface area contributed by atoms with E-state index in [-0.39, 0.29) is 11.0 Å². The molecule has 0 bridgehead atoms. The third-order valence-electron chi connectivity index (χ3n) is 2.10. The number of halogens is 3. The van der Waals surface area contributed by atoms with Gasteiger partial charge in [-0.2, -0.15) is 13.2 Å². The van der Waals surface area contributed by atoms with Crippen molar-refractivity contribution in [3.63, 3.8) is 0 Å². The molecule has 0 aliphatic carbocycles. The summed E-state index contributed by atoms with van der Waals surface area (Å²) < 4.78 is 60.6. The third-order valence-corrected chi connectivity index (χ3v) is 3.09. The van der Waals surface area contributed by atoms with Crippen molar-refractivity contribution < 1.29 is 21.6 Å². The van der Waals surface area contributed by atoms with Crippen molar-refractivity contribution in [2.45, 2.75) is 11.2 Å². The van der Waals surface area contributed by atoms with Crippen LogP contribution in [0.1, 0.15) is 5.69 Å². The zero-order chi connectivity index (χ0) is 14.3. The summed E-state index contributed by atoms with van der Waals surface area (Å²) in [6, 6.07) is 1.15. The van der Waals surface area contributed by atoms with E-state index in [4.69, 9.17) is 0 Å². The van der Waals surface area contributed by atoms with Crippen molar-refractivity contribution in [3.05, 3.63) is 30.5 Å². The molecule has 0 aliphatic rings. The van der Waals surface area contributed by atoms with Crippen LogP contribution in [0.25, 0.3) is 5.95 Å². The third kappa shape index (κ3) is 2.89. The van der Waals surface area contributed by atoms with E-state index in [1.54, 1.807) is 0 Å². The molecule has 0 unspecified atom stereocenters. The van der Waals surface area contributed by atoms with Crippen LogP contribution < -0.4 is 0 Å². The smallest absolute Gasteiger partial charge is 0.274 e. The number of nitrogens with zero attached hydrogens (tertiary/aromatic N) is 4. The Morgan fingerprint density at radius 3 is 2.47 bits per heavy atom. The quantitative estimate of drug-likeness (QED) is 0.774. The molecule has 0 atom stereocenters. The van der Waals surface area contributed by atoms with Crippen molar-refractivity contribution in [1.82, 2.24) is 19.5 Å². The van der Waals surface area contributed by atoms with E-state index < -0.39 is 21.7 Å². The number of hydrogen-bond donors (Lipinski definition) is 0. The van der Waals surface area contributed by atoms with Gasteiger partial charge in [-0.05, 0) is 6.07 Å². The van der Waals surface area contributed by atoms with E-state index in [1.165, 1.54) is 0 Å². The summed E-state index contributed by atoms with van der Waals surface area (Å²) in [6.45, 7) is 0. The maximum Gasteiger partial charge on any atom is 0.434 e. The summed E-state index contributed by atoms with van der Waals surface area (Å²) in [5.41, 5.74) is -1.11. The highest BCUT2D eigenvalue weighted by molar-refractivity contribution is 7.90. The number of aromatic nitrogens is 4. The van der Waals surface area contributed by atoms with Gasteiger partial charge >= 0.3 is 6.18 Å². The van der Waals surface area contributed by atoms with E-state index in [0.717, 1.165) is 29.4 Å². The first-order valence-corrected chi connectivity index (χ1v) is 6.72. The molecule has 0 amide bonds. The first kappa shape index (κ1) is 13.5. The van der Waals surface area contributed by atoms with E-state index in [2.05, 4.69) is 15.0 Å². The van der Waals surface area contributed by atoms with Gasteiger partial charge in [-0.15, -0.1) is 0 Å². The van der Waals surface area contributed by atoms with Crippen LogP contribution in [0.4, 0.5) is 13.2 Å². The van der Waals surface area contributed by atoms with Gasteiger partial charge < -0.3 is 0 Å². The molecule has 0 fully saturated rings. The van der Waals surface area contributed by atoms with Crippen LogP contribution in [-0.4, -0.2) is 34.2 Å². The molecule has 102 valence electrons. The molecule has 19 heavy (non-hydrogen) atoms. The van der Waals surface area contributed by atoms with Crippen LogP contribution in [0.5, 0.6) is 0 Å². The van der Waals surface area contributed by atoms with Crippen LogP contribution in [0.15, 0.2) is 29.8 Å². The Hall–Kier alpha value is -1.97. The Morgan fingerprint density at radius 2 is 1.95 bits per heavy atom. The molecular weight excluding hydrogens is 285 g/mol. The van der Waals surface area contributed by atoms with Gasteiger partial charge in [0.25, 0.3) is 0 Å². The van der Waals surface area contributed by atoms with E-state index in [9.17, 15) is 21.6 Å². The Kier molecular flexibility index (Phi) is 3.04. The lowest BCUT2D eigenvalue weighted by atomic mass is 10.5. The summed E-state index contributed by atoms with van der Waals surface area (Å²) in [7, 11) is -3.56. The molecule has 0 saturated heterocycles. The predicted molar refractivity (Wildman–Crippen MR) is 57.3 cm³/mol. The monoisotopic (exact) mass is 292 g/mol. The van der Waals surface area contributed by atoms with Gasteiger partial charge in [0, 0.05) is 18.6 Å². The Morgan fingerprint density at radius 1 is 1.26 bits per heavy atom. The van der Waals surface area contributed by atoms with Gasteiger partial charge in [0.1, 0.15) is 6.33 Å². The highest BCUT2D eigenvalue weighted by Crippen LogP contribution is 2.27. The second kappa shape index (κ2) is 4.30. The lowest BCUT2D eigenvalue weighted by Gasteiger charge is -2.02. The molecule has 2 aromatic rings. The van der Waals surface area contributed by atoms with Crippen molar-refractivity contribution in [3.8, 4) is 5.95 Å². The average molecular weight is 292 g/mol. The van der Waals surface area contributed by atoms with Crippen molar-refractivity contribution >= 4 is 9.84 Å². The number of alkyl halides is 3. The summed E-state index contributed by atoms with van der Waals surface area (Å²) in [6.07, 6.45) is -0.953. The summed E-state index contributed by atoms with van der Waals surface area (Å²) in [4.78, 5) is 10.5. The van der Waals surface area contributed by atoms with E-state index >= 15 is 0 Å². The van der Waals surface area contributed by atoms with Gasteiger partial charge in [0.05, 0.1) is 0 Å². The molecule has 0 spiro atoms. The molecule has 0 radical (unpaired) electrons. The minimum absolute atomic E-state index is 0.203. The zero-order valence-corrected chi connectivity index (χ0v) is 10.3. The minimum atomic E-state index is -4.58.